The van der Waals surface area contributed by atoms with E-state index in [1.54, 1.807) is 0 Å². The summed E-state index contributed by atoms with van der Waals surface area (Å²) in [4.78, 5) is 11.4. The molecule has 1 aliphatic carbocycles. The minimum atomic E-state index is -4.34. The van der Waals surface area contributed by atoms with E-state index in [4.69, 9.17) is 5.73 Å². The van der Waals surface area contributed by atoms with Gasteiger partial charge in [0.15, 0.2) is 0 Å². The normalized spacial score (nSPS) is 24.9. The molecule has 18 heavy (non-hydrogen) atoms. The summed E-state index contributed by atoms with van der Waals surface area (Å²) in [5.74, 6) is -0.266. The molecular formula is C11H19F3N2O2. The average molecular weight is 268 g/mol. The third-order valence-electron chi connectivity index (χ3n) is 2.88. The van der Waals surface area contributed by atoms with Gasteiger partial charge in [-0.25, -0.2) is 0 Å². The molecule has 1 aliphatic rings. The summed E-state index contributed by atoms with van der Waals surface area (Å²) in [5.41, 5.74) is 5.73. The molecule has 106 valence electrons. The van der Waals surface area contributed by atoms with Crippen LogP contribution in [0, 0.1) is 0 Å². The smallest absolute Gasteiger partial charge is 0.372 e. The Labute approximate surface area is 104 Å². The largest absolute Gasteiger partial charge is 0.411 e. The molecule has 0 atom stereocenters. The number of ether oxygens (including phenoxy) is 1. The zero-order chi connectivity index (χ0) is 13.6. The second-order valence-electron chi connectivity index (χ2n) is 4.60. The monoisotopic (exact) mass is 268 g/mol. The standard InChI is InChI=1S/C11H19F3N2O2/c12-11(13,14)7-18-6-5-10(17)16-9-3-1-8(15)2-4-9/h8-9H,1-7,15H2,(H,16,17). The fourth-order valence-corrected chi connectivity index (χ4v) is 1.92. The van der Waals surface area contributed by atoms with Crippen LogP contribution in [0.25, 0.3) is 0 Å². The maximum absolute atomic E-state index is 11.8. The van der Waals surface area contributed by atoms with E-state index in [1.165, 1.54) is 0 Å². The fraction of sp³-hybridized carbons (Fsp3) is 0.909. The minimum Gasteiger partial charge on any atom is -0.372 e. The van der Waals surface area contributed by atoms with Gasteiger partial charge < -0.3 is 15.8 Å². The van der Waals surface area contributed by atoms with Gasteiger partial charge in [-0.15, -0.1) is 0 Å². The molecule has 7 heteroatoms. The zero-order valence-electron chi connectivity index (χ0n) is 10.1. The molecule has 0 aromatic heterocycles. The summed E-state index contributed by atoms with van der Waals surface area (Å²) >= 11 is 0. The van der Waals surface area contributed by atoms with Gasteiger partial charge >= 0.3 is 6.18 Å². The second kappa shape index (κ2) is 6.94. The number of nitrogens with two attached hydrogens (primary N) is 1. The maximum Gasteiger partial charge on any atom is 0.411 e. The van der Waals surface area contributed by atoms with Crippen molar-refractivity contribution in [2.75, 3.05) is 13.2 Å². The van der Waals surface area contributed by atoms with E-state index >= 15 is 0 Å². The predicted molar refractivity (Wildman–Crippen MR) is 59.9 cm³/mol. The number of carbonyl (C=O) groups excluding carboxylic acids is 1. The van der Waals surface area contributed by atoms with E-state index in [1.807, 2.05) is 0 Å². The van der Waals surface area contributed by atoms with Crippen LogP contribution in [-0.4, -0.2) is 37.4 Å². The van der Waals surface area contributed by atoms with Crippen LogP contribution in [0.1, 0.15) is 32.1 Å². The Morgan fingerprint density at radius 1 is 1.28 bits per heavy atom. The van der Waals surface area contributed by atoms with Gasteiger partial charge in [0.1, 0.15) is 6.61 Å². The van der Waals surface area contributed by atoms with Crippen LogP contribution >= 0.6 is 0 Å². The molecule has 1 fully saturated rings. The lowest BCUT2D eigenvalue weighted by Gasteiger charge is -2.26. The van der Waals surface area contributed by atoms with E-state index in [2.05, 4.69) is 10.1 Å². The molecule has 4 nitrogen and oxygen atoms in total. The van der Waals surface area contributed by atoms with Gasteiger partial charge in [-0.3, -0.25) is 4.79 Å². The molecule has 1 amide bonds. The molecule has 0 aromatic carbocycles. The van der Waals surface area contributed by atoms with Crippen molar-refractivity contribution in [1.29, 1.82) is 0 Å². The highest BCUT2D eigenvalue weighted by Crippen LogP contribution is 2.17. The number of nitrogens with one attached hydrogen (secondary N) is 1. The van der Waals surface area contributed by atoms with Crippen LogP contribution in [0.3, 0.4) is 0 Å². The molecule has 0 unspecified atom stereocenters. The van der Waals surface area contributed by atoms with Crippen molar-refractivity contribution in [3.8, 4) is 0 Å². The van der Waals surface area contributed by atoms with Gasteiger partial charge in [0.2, 0.25) is 5.91 Å². The summed E-state index contributed by atoms with van der Waals surface area (Å²) < 4.78 is 39.6. The first-order chi connectivity index (χ1) is 8.37. The van der Waals surface area contributed by atoms with Crippen molar-refractivity contribution in [3.63, 3.8) is 0 Å². The Bertz CT molecular complexity index is 264. The van der Waals surface area contributed by atoms with E-state index in [9.17, 15) is 18.0 Å². The third kappa shape index (κ3) is 6.80. The number of halogens is 3. The summed E-state index contributed by atoms with van der Waals surface area (Å²) in [6, 6.07) is 0.299. The lowest BCUT2D eigenvalue weighted by molar-refractivity contribution is -0.174. The van der Waals surface area contributed by atoms with Crippen LogP contribution in [0.4, 0.5) is 13.2 Å². The van der Waals surface area contributed by atoms with Crippen LogP contribution in [0.5, 0.6) is 0 Å². The zero-order valence-corrected chi connectivity index (χ0v) is 10.1. The number of alkyl halides is 3. The molecule has 0 spiro atoms. The van der Waals surface area contributed by atoms with Crippen LogP contribution in [0.15, 0.2) is 0 Å². The first-order valence-electron chi connectivity index (χ1n) is 6.06. The molecule has 0 bridgehead atoms. The number of rotatable bonds is 5. The Morgan fingerprint density at radius 3 is 2.44 bits per heavy atom. The molecule has 3 N–H and O–H groups in total. The van der Waals surface area contributed by atoms with E-state index in [0.29, 0.717) is 0 Å². The summed E-state index contributed by atoms with van der Waals surface area (Å²) in [6.45, 7) is -1.52. The van der Waals surface area contributed by atoms with Gasteiger partial charge in [0.05, 0.1) is 6.61 Å². The number of hydrogen-bond acceptors (Lipinski definition) is 3. The SMILES string of the molecule is NC1CCC(NC(=O)CCOCC(F)(F)F)CC1. The Hall–Kier alpha value is -0.820. The quantitative estimate of drug-likeness (QED) is 0.740. The van der Waals surface area contributed by atoms with Crippen molar-refractivity contribution in [3.05, 3.63) is 0 Å². The molecule has 0 aromatic rings. The summed E-state index contributed by atoms with van der Waals surface area (Å²) in [5, 5.41) is 2.78. The summed E-state index contributed by atoms with van der Waals surface area (Å²) in [6.07, 6.45) is -0.980. The lowest BCUT2D eigenvalue weighted by Crippen LogP contribution is -2.40. The predicted octanol–water partition coefficient (Wildman–Crippen LogP) is 1.34. The first-order valence-corrected chi connectivity index (χ1v) is 6.06. The molecule has 0 radical (unpaired) electrons. The number of carbonyl (C=O) groups is 1. The van der Waals surface area contributed by atoms with Gasteiger partial charge in [0.25, 0.3) is 0 Å². The average Bonchev–Trinajstić information content (AvgIpc) is 2.26. The third-order valence-corrected chi connectivity index (χ3v) is 2.88. The first kappa shape index (κ1) is 15.2. The summed E-state index contributed by atoms with van der Waals surface area (Å²) in [7, 11) is 0. The lowest BCUT2D eigenvalue weighted by atomic mass is 9.92. The van der Waals surface area contributed by atoms with Gasteiger partial charge in [-0.1, -0.05) is 0 Å². The molecule has 1 rings (SSSR count). The van der Waals surface area contributed by atoms with Crippen molar-refractivity contribution >= 4 is 5.91 Å². The number of amides is 1. The minimum absolute atomic E-state index is 0.0430. The fourth-order valence-electron chi connectivity index (χ4n) is 1.92. The van der Waals surface area contributed by atoms with Gasteiger partial charge in [-0.2, -0.15) is 13.2 Å². The topological polar surface area (TPSA) is 64.3 Å². The molecule has 0 saturated heterocycles. The van der Waals surface area contributed by atoms with Crippen LogP contribution in [-0.2, 0) is 9.53 Å². The Morgan fingerprint density at radius 2 is 1.89 bits per heavy atom. The van der Waals surface area contributed by atoms with E-state index in [-0.39, 0.29) is 31.0 Å². The molecular weight excluding hydrogens is 249 g/mol. The van der Waals surface area contributed by atoms with Gasteiger partial charge in [-0.05, 0) is 25.7 Å². The Kier molecular flexibility index (Phi) is 5.87. The van der Waals surface area contributed by atoms with E-state index in [0.717, 1.165) is 25.7 Å². The van der Waals surface area contributed by atoms with Crippen molar-refractivity contribution < 1.29 is 22.7 Å². The van der Waals surface area contributed by atoms with Gasteiger partial charge in [0, 0.05) is 18.5 Å². The van der Waals surface area contributed by atoms with Crippen molar-refractivity contribution in [2.45, 2.75) is 50.4 Å². The van der Waals surface area contributed by atoms with Crippen LogP contribution in [0.2, 0.25) is 0 Å². The maximum atomic E-state index is 11.8. The molecule has 0 aliphatic heterocycles. The van der Waals surface area contributed by atoms with Crippen molar-refractivity contribution in [1.82, 2.24) is 5.32 Å². The molecule has 1 saturated carbocycles. The van der Waals surface area contributed by atoms with Crippen LogP contribution < -0.4 is 11.1 Å². The Balaban J connectivity index is 2.07. The second-order valence-corrected chi connectivity index (χ2v) is 4.60. The number of hydrogen-bond donors (Lipinski definition) is 2. The van der Waals surface area contributed by atoms with E-state index < -0.39 is 12.8 Å². The highest BCUT2D eigenvalue weighted by molar-refractivity contribution is 5.76. The highest BCUT2D eigenvalue weighted by Gasteiger charge is 2.27. The molecule has 0 heterocycles. The highest BCUT2D eigenvalue weighted by atomic mass is 19.4. The van der Waals surface area contributed by atoms with Crippen molar-refractivity contribution in [2.24, 2.45) is 5.73 Å².